The highest BCUT2D eigenvalue weighted by Crippen LogP contribution is 2.28. The quantitative estimate of drug-likeness (QED) is 0.799. The average molecular weight is 289 g/mol. The summed E-state index contributed by atoms with van der Waals surface area (Å²) in [6.45, 7) is 0. The van der Waals surface area contributed by atoms with Gasteiger partial charge in [-0.25, -0.2) is 9.97 Å². The number of anilines is 1. The molecule has 0 bridgehead atoms. The minimum Gasteiger partial charge on any atom is -0.367 e. The molecule has 5 heteroatoms. The summed E-state index contributed by atoms with van der Waals surface area (Å²) >= 11 is 0. The van der Waals surface area contributed by atoms with Crippen molar-refractivity contribution in [3.05, 3.63) is 55.1 Å². The predicted molar refractivity (Wildman–Crippen MR) is 85.1 cm³/mol. The van der Waals surface area contributed by atoms with Gasteiger partial charge in [0.25, 0.3) is 0 Å². The maximum absolute atomic E-state index is 4.68. The summed E-state index contributed by atoms with van der Waals surface area (Å²) in [5.74, 6) is 1.56. The van der Waals surface area contributed by atoms with Gasteiger partial charge in [-0.3, -0.25) is 9.97 Å². The van der Waals surface area contributed by atoms with Crippen molar-refractivity contribution in [1.29, 1.82) is 0 Å². The fourth-order valence-electron chi connectivity index (χ4n) is 2.25. The summed E-state index contributed by atoms with van der Waals surface area (Å²) < 4.78 is 0. The lowest BCUT2D eigenvalue weighted by Gasteiger charge is -2.09. The van der Waals surface area contributed by atoms with Crippen LogP contribution in [0.4, 0.5) is 5.82 Å². The number of nitrogens with zero attached hydrogens (tertiary/aromatic N) is 4. The van der Waals surface area contributed by atoms with Crippen LogP contribution in [0.5, 0.6) is 0 Å². The fraction of sp³-hybridized carbons (Fsp3) is 0.176. The molecule has 0 aliphatic heterocycles. The van der Waals surface area contributed by atoms with E-state index in [4.69, 9.17) is 0 Å². The van der Waals surface area contributed by atoms with Crippen LogP contribution < -0.4 is 5.32 Å². The molecule has 1 fully saturated rings. The summed E-state index contributed by atoms with van der Waals surface area (Å²) in [6.07, 6.45) is 9.50. The molecule has 1 N–H and O–H groups in total. The molecule has 5 nitrogen and oxygen atoms in total. The molecule has 108 valence electrons. The molecule has 0 amide bonds. The van der Waals surface area contributed by atoms with Gasteiger partial charge in [-0.05, 0) is 37.1 Å². The number of rotatable bonds is 4. The molecular formula is C17H15N5. The normalized spacial score (nSPS) is 13.8. The van der Waals surface area contributed by atoms with Crippen molar-refractivity contribution < 1.29 is 0 Å². The predicted octanol–water partition coefficient (Wildman–Crippen LogP) is 3.17. The standard InChI is InChI=1S/C17H15N5/c1-2-13(11-19-7-1)15-10-16(20-14-3-4-14)22-17(21-15)12-5-8-18-9-6-12/h1-2,5-11,14H,3-4H2,(H,20,21,22). The zero-order chi connectivity index (χ0) is 14.8. The van der Waals surface area contributed by atoms with Gasteiger partial charge >= 0.3 is 0 Å². The van der Waals surface area contributed by atoms with Crippen LogP contribution in [-0.4, -0.2) is 26.0 Å². The molecule has 0 saturated heterocycles. The van der Waals surface area contributed by atoms with Gasteiger partial charge in [-0.2, -0.15) is 0 Å². The monoisotopic (exact) mass is 289 g/mol. The third-order valence-electron chi connectivity index (χ3n) is 3.55. The summed E-state index contributed by atoms with van der Waals surface area (Å²) in [6, 6.07) is 10.3. The van der Waals surface area contributed by atoms with Gasteiger partial charge in [-0.1, -0.05) is 0 Å². The summed E-state index contributed by atoms with van der Waals surface area (Å²) in [4.78, 5) is 17.5. The Hall–Kier alpha value is -2.82. The lowest BCUT2D eigenvalue weighted by atomic mass is 10.2. The smallest absolute Gasteiger partial charge is 0.162 e. The van der Waals surface area contributed by atoms with Gasteiger partial charge in [0, 0.05) is 48.0 Å². The van der Waals surface area contributed by atoms with Crippen LogP contribution in [0.3, 0.4) is 0 Å². The SMILES string of the molecule is c1cncc(-c2cc(NC3CC3)nc(-c3ccncc3)n2)c1. The second kappa shape index (κ2) is 5.52. The van der Waals surface area contributed by atoms with Crippen LogP contribution in [0, 0.1) is 0 Å². The van der Waals surface area contributed by atoms with E-state index < -0.39 is 0 Å². The van der Waals surface area contributed by atoms with E-state index in [0.29, 0.717) is 11.9 Å². The summed E-state index contributed by atoms with van der Waals surface area (Å²) in [7, 11) is 0. The summed E-state index contributed by atoms with van der Waals surface area (Å²) in [5, 5.41) is 3.45. The Bertz CT molecular complexity index is 712. The maximum atomic E-state index is 4.68. The van der Waals surface area contributed by atoms with Crippen molar-refractivity contribution in [2.24, 2.45) is 0 Å². The van der Waals surface area contributed by atoms with E-state index in [9.17, 15) is 0 Å². The van der Waals surface area contributed by atoms with E-state index in [0.717, 1.165) is 22.6 Å². The highest BCUT2D eigenvalue weighted by atomic mass is 15.1. The first kappa shape index (κ1) is 12.9. The van der Waals surface area contributed by atoms with Crippen LogP contribution >= 0.6 is 0 Å². The number of hydrogen-bond donors (Lipinski definition) is 1. The number of hydrogen-bond acceptors (Lipinski definition) is 5. The van der Waals surface area contributed by atoms with Crippen LogP contribution in [0.2, 0.25) is 0 Å². The number of aromatic nitrogens is 4. The zero-order valence-corrected chi connectivity index (χ0v) is 12.0. The summed E-state index contributed by atoms with van der Waals surface area (Å²) in [5.41, 5.74) is 2.82. The highest BCUT2D eigenvalue weighted by Gasteiger charge is 2.22. The second-order valence-electron chi connectivity index (χ2n) is 5.36. The van der Waals surface area contributed by atoms with Gasteiger partial charge in [0.15, 0.2) is 5.82 Å². The Kier molecular flexibility index (Phi) is 3.23. The lowest BCUT2D eigenvalue weighted by Crippen LogP contribution is -2.05. The molecule has 1 aliphatic rings. The van der Waals surface area contributed by atoms with Gasteiger partial charge in [-0.15, -0.1) is 0 Å². The fourth-order valence-corrected chi connectivity index (χ4v) is 2.25. The van der Waals surface area contributed by atoms with E-state index in [-0.39, 0.29) is 0 Å². The third-order valence-corrected chi connectivity index (χ3v) is 3.55. The van der Waals surface area contributed by atoms with E-state index in [1.54, 1.807) is 18.6 Å². The Morgan fingerprint density at radius 1 is 0.909 bits per heavy atom. The Morgan fingerprint density at radius 2 is 1.77 bits per heavy atom. The first-order valence-corrected chi connectivity index (χ1v) is 7.35. The minimum atomic E-state index is 0.543. The molecule has 0 aromatic carbocycles. The molecule has 0 spiro atoms. The molecule has 3 heterocycles. The molecule has 1 aliphatic carbocycles. The maximum Gasteiger partial charge on any atom is 0.162 e. The Morgan fingerprint density at radius 3 is 2.50 bits per heavy atom. The molecular weight excluding hydrogens is 274 g/mol. The second-order valence-corrected chi connectivity index (χ2v) is 5.36. The van der Waals surface area contributed by atoms with Crippen molar-refractivity contribution >= 4 is 5.82 Å². The topological polar surface area (TPSA) is 63.6 Å². The van der Waals surface area contributed by atoms with Crippen molar-refractivity contribution in [2.45, 2.75) is 18.9 Å². The molecule has 1 saturated carbocycles. The first-order chi connectivity index (χ1) is 10.9. The first-order valence-electron chi connectivity index (χ1n) is 7.35. The van der Waals surface area contributed by atoms with E-state index in [1.807, 2.05) is 36.5 Å². The van der Waals surface area contributed by atoms with Crippen molar-refractivity contribution in [3.63, 3.8) is 0 Å². The highest BCUT2D eigenvalue weighted by molar-refractivity contribution is 5.66. The van der Waals surface area contributed by atoms with Crippen LogP contribution in [-0.2, 0) is 0 Å². The van der Waals surface area contributed by atoms with E-state index in [1.165, 1.54) is 12.8 Å². The lowest BCUT2D eigenvalue weighted by molar-refractivity contribution is 1.09. The molecule has 3 aromatic heterocycles. The number of pyridine rings is 2. The van der Waals surface area contributed by atoms with Gasteiger partial charge in [0.1, 0.15) is 5.82 Å². The minimum absolute atomic E-state index is 0.543. The van der Waals surface area contributed by atoms with Crippen LogP contribution in [0.1, 0.15) is 12.8 Å². The van der Waals surface area contributed by atoms with Gasteiger partial charge in [0.05, 0.1) is 5.69 Å². The zero-order valence-electron chi connectivity index (χ0n) is 12.0. The van der Waals surface area contributed by atoms with Gasteiger partial charge < -0.3 is 5.32 Å². The largest absolute Gasteiger partial charge is 0.367 e. The van der Waals surface area contributed by atoms with Crippen LogP contribution in [0.25, 0.3) is 22.6 Å². The molecule has 0 atom stereocenters. The molecule has 0 radical (unpaired) electrons. The van der Waals surface area contributed by atoms with E-state index in [2.05, 4.69) is 25.3 Å². The van der Waals surface area contributed by atoms with Crippen molar-refractivity contribution in [2.75, 3.05) is 5.32 Å². The average Bonchev–Trinajstić information content (AvgIpc) is 3.40. The van der Waals surface area contributed by atoms with Crippen LogP contribution in [0.15, 0.2) is 55.1 Å². The molecule has 3 aromatic rings. The number of nitrogens with one attached hydrogen (secondary N) is 1. The van der Waals surface area contributed by atoms with E-state index >= 15 is 0 Å². The Labute approximate surface area is 128 Å². The van der Waals surface area contributed by atoms with Crippen molar-refractivity contribution in [1.82, 2.24) is 19.9 Å². The van der Waals surface area contributed by atoms with Gasteiger partial charge in [0.2, 0.25) is 0 Å². The third kappa shape index (κ3) is 2.79. The van der Waals surface area contributed by atoms with Crippen molar-refractivity contribution in [3.8, 4) is 22.6 Å². The molecule has 0 unspecified atom stereocenters. The Balaban J connectivity index is 1.80. The molecule has 4 rings (SSSR count). The molecule has 22 heavy (non-hydrogen) atoms.